The van der Waals surface area contributed by atoms with Crippen LogP contribution in [-0.2, 0) is 12.5 Å². The lowest BCUT2D eigenvalue weighted by Crippen LogP contribution is -2.28. The smallest absolute Gasteiger partial charge is 0.425 e. The van der Waals surface area contributed by atoms with Gasteiger partial charge in [-0.1, -0.05) is 134 Å². The summed E-state index contributed by atoms with van der Waals surface area (Å²) in [5.74, 6) is 0.171. The predicted octanol–water partition coefficient (Wildman–Crippen LogP) is 13.0. The molecule has 0 bridgehead atoms. The van der Waals surface area contributed by atoms with Crippen molar-refractivity contribution in [3.8, 4) is 16.9 Å². The van der Waals surface area contributed by atoms with Gasteiger partial charge in [0.15, 0.2) is 11.6 Å². The van der Waals surface area contributed by atoms with Crippen molar-refractivity contribution in [1.82, 2.24) is 0 Å². The van der Waals surface area contributed by atoms with Crippen molar-refractivity contribution in [2.24, 2.45) is 5.92 Å². The first kappa shape index (κ1) is 32.9. The zero-order valence-corrected chi connectivity index (χ0v) is 26.4. The molecule has 1 heterocycles. The van der Waals surface area contributed by atoms with Crippen LogP contribution in [0.2, 0.25) is 0 Å². The minimum absolute atomic E-state index is 0.118. The highest BCUT2D eigenvalue weighted by Gasteiger charge is 2.44. The topological polar surface area (TPSA) is 9.23 Å². The summed E-state index contributed by atoms with van der Waals surface area (Å²) in [5, 5.41) is 0. The minimum Gasteiger partial charge on any atom is -0.425 e. The maximum absolute atomic E-state index is 15.4. The monoisotopic (exact) mass is 584 g/mol. The van der Waals surface area contributed by atoms with Gasteiger partial charge in [-0.05, 0) is 73.1 Å². The Hall–Kier alpha value is -1.97. The second-order valence-electron chi connectivity index (χ2n) is 13.2. The molecular formula is C38H55F3O. The maximum atomic E-state index is 15.4. The second-order valence-corrected chi connectivity index (χ2v) is 13.2. The molecule has 0 radical (unpaired) electrons. The van der Waals surface area contributed by atoms with E-state index >= 15 is 13.2 Å². The number of alkyl halides is 2. The van der Waals surface area contributed by atoms with Gasteiger partial charge in [-0.2, -0.15) is 8.78 Å². The summed E-state index contributed by atoms with van der Waals surface area (Å²) in [4.78, 5) is 0. The highest BCUT2D eigenvalue weighted by Crippen LogP contribution is 2.50. The highest BCUT2D eigenvalue weighted by molar-refractivity contribution is 5.77. The largest absolute Gasteiger partial charge is 0.427 e. The molecule has 0 N–H and O–H groups in total. The van der Waals surface area contributed by atoms with Gasteiger partial charge in [0.05, 0.1) is 5.56 Å². The van der Waals surface area contributed by atoms with Crippen LogP contribution in [0.4, 0.5) is 13.2 Å². The summed E-state index contributed by atoms with van der Waals surface area (Å²) in [7, 11) is 0. The summed E-state index contributed by atoms with van der Waals surface area (Å²) in [6.07, 6.45) is 21.5. The summed E-state index contributed by atoms with van der Waals surface area (Å²) >= 11 is 0. The van der Waals surface area contributed by atoms with E-state index in [9.17, 15) is 0 Å². The van der Waals surface area contributed by atoms with Crippen LogP contribution >= 0.6 is 0 Å². The number of unbranched alkanes of at least 4 members (excludes halogenated alkanes) is 13. The van der Waals surface area contributed by atoms with Gasteiger partial charge in [-0.15, -0.1) is 0 Å². The van der Waals surface area contributed by atoms with Crippen LogP contribution in [0.3, 0.4) is 0 Å². The van der Waals surface area contributed by atoms with Crippen LogP contribution in [0.1, 0.15) is 165 Å². The van der Waals surface area contributed by atoms with Crippen LogP contribution in [0.15, 0.2) is 30.3 Å². The maximum Gasteiger partial charge on any atom is 0.427 e. The van der Waals surface area contributed by atoms with Crippen LogP contribution in [0.5, 0.6) is 5.75 Å². The molecule has 0 unspecified atom stereocenters. The molecule has 42 heavy (non-hydrogen) atoms. The molecule has 1 aliphatic heterocycles. The molecule has 2 aromatic rings. The Balaban J connectivity index is 1.31. The Labute approximate surface area is 254 Å². The molecule has 1 saturated carbocycles. The molecule has 2 aliphatic rings. The van der Waals surface area contributed by atoms with Crippen LogP contribution < -0.4 is 4.74 Å². The third-order valence-corrected chi connectivity index (χ3v) is 9.89. The van der Waals surface area contributed by atoms with E-state index in [4.69, 9.17) is 4.74 Å². The van der Waals surface area contributed by atoms with E-state index in [2.05, 4.69) is 13.8 Å². The van der Waals surface area contributed by atoms with Gasteiger partial charge in [0.2, 0.25) is 0 Å². The van der Waals surface area contributed by atoms with Crippen molar-refractivity contribution in [3.05, 3.63) is 52.8 Å². The SMILES string of the molecule is CCCCCCCCCCc1ccc2c(c1F)OC(F)(F)c1cc(C3CCC(CCCCCCCCC)CC3)ccc1-2. The third-order valence-electron chi connectivity index (χ3n) is 9.89. The highest BCUT2D eigenvalue weighted by atomic mass is 19.3. The number of benzene rings is 2. The predicted molar refractivity (Wildman–Crippen MR) is 170 cm³/mol. The van der Waals surface area contributed by atoms with Gasteiger partial charge < -0.3 is 4.74 Å². The first-order chi connectivity index (χ1) is 20.4. The second kappa shape index (κ2) is 16.8. The number of rotatable bonds is 18. The fraction of sp³-hybridized carbons (Fsp3) is 0.684. The lowest BCUT2D eigenvalue weighted by molar-refractivity contribution is -0.188. The molecule has 4 rings (SSSR count). The molecule has 0 aromatic heterocycles. The number of fused-ring (bicyclic) bond motifs is 3. The van der Waals surface area contributed by atoms with Crippen LogP contribution in [0.25, 0.3) is 11.1 Å². The van der Waals surface area contributed by atoms with E-state index in [1.54, 1.807) is 24.3 Å². The Kier molecular flexibility index (Phi) is 13.1. The van der Waals surface area contributed by atoms with Crippen molar-refractivity contribution < 1.29 is 17.9 Å². The molecule has 0 spiro atoms. The van der Waals surface area contributed by atoms with Gasteiger partial charge in [0.25, 0.3) is 0 Å². The fourth-order valence-electron chi connectivity index (χ4n) is 7.20. The average molecular weight is 585 g/mol. The van der Waals surface area contributed by atoms with Gasteiger partial charge >= 0.3 is 6.11 Å². The van der Waals surface area contributed by atoms with Crippen molar-refractivity contribution in [3.63, 3.8) is 0 Å². The van der Waals surface area contributed by atoms with Crippen molar-refractivity contribution in [2.45, 2.75) is 161 Å². The normalized spacial score (nSPS) is 19.3. The Morgan fingerprint density at radius 1 is 0.690 bits per heavy atom. The van der Waals surface area contributed by atoms with E-state index in [1.807, 2.05) is 6.07 Å². The zero-order chi connectivity index (χ0) is 29.8. The van der Waals surface area contributed by atoms with E-state index in [-0.39, 0.29) is 11.3 Å². The Morgan fingerprint density at radius 3 is 1.90 bits per heavy atom. The molecular weight excluding hydrogens is 529 g/mol. The molecule has 234 valence electrons. The molecule has 4 heteroatoms. The van der Waals surface area contributed by atoms with Gasteiger partial charge in [-0.25, -0.2) is 4.39 Å². The van der Waals surface area contributed by atoms with E-state index < -0.39 is 11.9 Å². The van der Waals surface area contributed by atoms with E-state index in [1.165, 1.54) is 96.3 Å². The number of halogens is 3. The van der Waals surface area contributed by atoms with Gasteiger partial charge in [0, 0.05) is 5.56 Å². The number of ether oxygens (including phenoxy) is 1. The van der Waals surface area contributed by atoms with Crippen molar-refractivity contribution >= 4 is 0 Å². The van der Waals surface area contributed by atoms with E-state index in [0.29, 0.717) is 29.0 Å². The van der Waals surface area contributed by atoms with Gasteiger partial charge in [0.1, 0.15) is 0 Å². The van der Waals surface area contributed by atoms with Gasteiger partial charge in [-0.3, -0.25) is 0 Å². The van der Waals surface area contributed by atoms with Crippen LogP contribution in [0, 0.1) is 11.7 Å². The standard InChI is InChI=1S/C38H55F3O/c1-3-5-7-9-11-13-15-17-19-31-24-27-34-33-26-25-32(28-35(33)38(40,41)42-37(34)36(31)39)30-22-20-29(21-23-30)18-16-14-12-10-8-6-4-2/h24-30H,3-23H2,1-2H3. The number of aryl methyl sites for hydroxylation is 1. The van der Waals surface area contributed by atoms with E-state index in [0.717, 1.165) is 43.6 Å². The first-order valence-corrected chi connectivity index (χ1v) is 17.5. The summed E-state index contributed by atoms with van der Waals surface area (Å²) in [6.45, 7) is 4.47. The quantitative estimate of drug-likeness (QED) is 0.158. The molecule has 2 aromatic carbocycles. The van der Waals surface area contributed by atoms with Crippen molar-refractivity contribution in [2.75, 3.05) is 0 Å². The Morgan fingerprint density at radius 2 is 1.26 bits per heavy atom. The molecule has 1 fully saturated rings. The number of hydrogen-bond donors (Lipinski definition) is 0. The minimum atomic E-state index is -3.54. The first-order valence-electron chi connectivity index (χ1n) is 17.5. The number of hydrogen-bond acceptors (Lipinski definition) is 1. The Bertz CT molecular complexity index is 1090. The molecule has 0 saturated heterocycles. The molecule has 1 nitrogen and oxygen atoms in total. The summed E-state index contributed by atoms with van der Waals surface area (Å²) in [5.41, 5.74) is 2.17. The fourth-order valence-corrected chi connectivity index (χ4v) is 7.20. The van der Waals surface area contributed by atoms with Crippen molar-refractivity contribution in [1.29, 1.82) is 0 Å². The lowest BCUT2D eigenvalue weighted by atomic mass is 9.76. The molecule has 0 atom stereocenters. The molecule has 0 amide bonds. The zero-order valence-electron chi connectivity index (χ0n) is 26.4. The summed E-state index contributed by atoms with van der Waals surface area (Å²) in [6, 6.07) is 8.97. The third kappa shape index (κ3) is 9.02. The average Bonchev–Trinajstić information content (AvgIpc) is 2.99. The lowest BCUT2D eigenvalue weighted by Gasteiger charge is -2.32. The summed E-state index contributed by atoms with van der Waals surface area (Å²) < 4.78 is 51.3. The van der Waals surface area contributed by atoms with Crippen LogP contribution in [-0.4, -0.2) is 0 Å². The molecule has 1 aliphatic carbocycles.